The Kier molecular flexibility index (Phi) is 2.78. The lowest BCUT2D eigenvalue weighted by Gasteiger charge is -2.08. The largest absolute Gasteiger partial charge is 0.350 e. The van der Waals surface area contributed by atoms with Crippen LogP contribution in [0.5, 0.6) is 0 Å². The molecule has 1 unspecified atom stereocenters. The van der Waals surface area contributed by atoms with Gasteiger partial charge in [-0.05, 0) is 30.5 Å². The summed E-state index contributed by atoms with van der Waals surface area (Å²) in [5.41, 5.74) is 8.33. The SMILES string of the molecule is CC(CCN)c1cn(C)c2ccccc12. The maximum Gasteiger partial charge on any atom is 0.0480 e. The van der Waals surface area contributed by atoms with E-state index in [4.69, 9.17) is 5.73 Å². The molecule has 1 aromatic carbocycles. The van der Waals surface area contributed by atoms with Crippen LogP contribution < -0.4 is 5.73 Å². The number of aromatic nitrogens is 1. The number of nitrogens with zero attached hydrogens (tertiary/aromatic N) is 1. The van der Waals surface area contributed by atoms with Gasteiger partial charge in [-0.3, -0.25) is 0 Å². The van der Waals surface area contributed by atoms with Crippen LogP contribution in [0.3, 0.4) is 0 Å². The van der Waals surface area contributed by atoms with Gasteiger partial charge in [0, 0.05) is 24.1 Å². The Bertz CT molecular complexity index is 457. The van der Waals surface area contributed by atoms with Crippen molar-refractivity contribution in [2.45, 2.75) is 19.3 Å². The van der Waals surface area contributed by atoms with Gasteiger partial charge in [0.1, 0.15) is 0 Å². The van der Waals surface area contributed by atoms with Gasteiger partial charge < -0.3 is 10.3 Å². The molecule has 0 aliphatic rings. The highest BCUT2D eigenvalue weighted by Gasteiger charge is 2.11. The molecule has 0 bridgehead atoms. The maximum absolute atomic E-state index is 5.61. The van der Waals surface area contributed by atoms with Crippen LogP contribution in [-0.4, -0.2) is 11.1 Å². The fourth-order valence-corrected chi connectivity index (χ4v) is 2.17. The average Bonchev–Trinajstić information content (AvgIpc) is 2.58. The van der Waals surface area contributed by atoms with E-state index >= 15 is 0 Å². The summed E-state index contributed by atoms with van der Waals surface area (Å²) in [7, 11) is 2.10. The van der Waals surface area contributed by atoms with E-state index in [1.807, 2.05) is 0 Å². The smallest absolute Gasteiger partial charge is 0.0480 e. The van der Waals surface area contributed by atoms with E-state index < -0.39 is 0 Å². The van der Waals surface area contributed by atoms with Crippen molar-refractivity contribution in [1.82, 2.24) is 4.57 Å². The molecule has 1 atom stereocenters. The highest BCUT2D eigenvalue weighted by atomic mass is 14.9. The number of fused-ring (bicyclic) bond motifs is 1. The Morgan fingerprint density at radius 1 is 1.33 bits per heavy atom. The van der Waals surface area contributed by atoms with Crippen LogP contribution in [-0.2, 0) is 7.05 Å². The molecule has 2 nitrogen and oxygen atoms in total. The van der Waals surface area contributed by atoms with E-state index in [1.165, 1.54) is 16.5 Å². The van der Waals surface area contributed by atoms with Crippen LogP contribution in [0.15, 0.2) is 30.5 Å². The van der Waals surface area contributed by atoms with E-state index in [0.717, 1.165) is 13.0 Å². The molecule has 0 aliphatic carbocycles. The molecular weight excluding hydrogens is 184 g/mol. The highest BCUT2D eigenvalue weighted by Crippen LogP contribution is 2.28. The van der Waals surface area contributed by atoms with Crippen molar-refractivity contribution < 1.29 is 0 Å². The van der Waals surface area contributed by atoms with Gasteiger partial charge in [0.25, 0.3) is 0 Å². The van der Waals surface area contributed by atoms with Crippen molar-refractivity contribution in [3.05, 3.63) is 36.0 Å². The van der Waals surface area contributed by atoms with E-state index in [9.17, 15) is 0 Å². The second-order valence-electron chi connectivity index (χ2n) is 4.19. The molecule has 0 saturated carbocycles. The lowest BCUT2D eigenvalue weighted by Crippen LogP contribution is -2.04. The Balaban J connectivity index is 2.52. The van der Waals surface area contributed by atoms with Crippen LogP contribution in [0, 0.1) is 0 Å². The third kappa shape index (κ3) is 1.77. The number of rotatable bonds is 3. The molecule has 0 fully saturated rings. The van der Waals surface area contributed by atoms with Crippen molar-refractivity contribution in [1.29, 1.82) is 0 Å². The Morgan fingerprint density at radius 2 is 2.07 bits per heavy atom. The number of para-hydroxylation sites is 1. The lowest BCUT2D eigenvalue weighted by molar-refractivity contribution is 0.692. The monoisotopic (exact) mass is 202 g/mol. The van der Waals surface area contributed by atoms with E-state index in [2.05, 4.69) is 49.0 Å². The molecule has 2 aromatic rings. The molecule has 1 aromatic heterocycles. The number of aryl methyl sites for hydroxylation is 1. The third-order valence-electron chi connectivity index (χ3n) is 3.06. The summed E-state index contributed by atoms with van der Waals surface area (Å²) in [5.74, 6) is 0.543. The predicted octanol–water partition coefficient (Wildman–Crippen LogP) is 2.63. The van der Waals surface area contributed by atoms with Gasteiger partial charge in [0.15, 0.2) is 0 Å². The summed E-state index contributed by atoms with van der Waals surface area (Å²) in [5, 5.41) is 1.36. The van der Waals surface area contributed by atoms with E-state index in [-0.39, 0.29) is 0 Å². The fraction of sp³-hybridized carbons (Fsp3) is 0.385. The molecule has 2 heteroatoms. The number of hydrogen-bond donors (Lipinski definition) is 1. The van der Waals surface area contributed by atoms with Gasteiger partial charge in [-0.15, -0.1) is 0 Å². The summed E-state index contributed by atoms with van der Waals surface area (Å²) in [4.78, 5) is 0. The average molecular weight is 202 g/mol. The van der Waals surface area contributed by atoms with Crippen LogP contribution in [0.4, 0.5) is 0 Å². The van der Waals surface area contributed by atoms with Gasteiger partial charge in [-0.1, -0.05) is 25.1 Å². The number of benzene rings is 1. The summed E-state index contributed by atoms with van der Waals surface area (Å²) in [6, 6.07) is 8.53. The first-order valence-corrected chi connectivity index (χ1v) is 5.48. The summed E-state index contributed by atoms with van der Waals surface area (Å²) in [6.45, 7) is 3.00. The standard InChI is InChI=1S/C13H18N2/c1-10(7-8-14)12-9-15(2)13-6-4-3-5-11(12)13/h3-6,9-10H,7-8,14H2,1-2H3. The molecular formula is C13H18N2. The first-order chi connectivity index (χ1) is 7.24. The Hall–Kier alpha value is -1.28. The van der Waals surface area contributed by atoms with Gasteiger partial charge >= 0.3 is 0 Å². The van der Waals surface area contributed by atoms with Crippen molar-refractivity contribution in [3.63, 3.8) is 0 Å². The topological polar surface area (TPSA) is 30.9 Å². The molecule has 2 rings (SSSR count). The van der Waals surface area contributed by atoms with Crippen LogP contribution >= 0.6 is 0 Å². The van der Waals surface area contributed by atoms with E-state index in [0.29, 0.717) is 5.92 Å². The van der Waals surface area contributed by atoms with Gasteiger partial charge in [-0.2, -0.15) is 0 Å². The summed E-state index contributed by atoms with van der Waals surface area (Å²) in [6.07, 6.45) is 3.28. The molecule has 1 heterocycles. The van der Waals surface area contributed by atoms with Crippen molar-refractivity contribution >= 4 is 10.9 Å². The number of hydrogen-bond acceptors (Lipinski definition) is 1. The molecule has 0 saturated heterocycles. The second kappa shape index (κ2) is 4.07. The third-order valence-corrected chi connectivity index (χ3v) is 3.06. The van der Waals surface area contributed by atoms with Gasteiger partial charge in [0.2, 0.25) is 0 Å². The molecule has 0 radical (unpaired) electrons. The molecule has 0 amide bonds. The van der Waals surface area contributed by atoms with Gasteiger partial charge in [-0.25, -0.2) is 0 Å². The fourth-order valence-electron chi connectivity index (χ4n) is 2.17. The van der Waals surface area contributed by atoms with E-state index in [1.54, 1.807) is 0 Å². The maximum atomic E-state index is 5.61. The highest BCUT2D eigenvalue weighted by molar-refractivity contribution is 5.84. The van der Waals surface area contributed by atoms with Crippen molar-refractivity contribution in [2.24, 2.45) is 12.8 Å². The zero-order valence-corrected chi connectivity index (χ0v) is 9.40. The molecule has 0 spiro atoms. The van der Waals surface area contributed by atoms with Gasteiger partial charge in [0.05, 0.1) is 0 Å². The Morgan fingerprint density at radius 3 is 2.80 bits per heavy atom. The molecule has 0 aliphatic heterocycles. The molecule has 80 valence electrons. The normalized spacial score (nSPS) is 13.3. The zero-order chi connectivity index (χ0) is 10.8. The van der Waals surface area contributed by atoms with Crippen LogP contribution in [0.2, 0.25) is 0 Å². The zero-order valence-electron chi connectivity index (χ0n) is 9.40. The minimum absolute atomic E-state index is 0.543. The van der Waals surface area contributed by atoms with Crippen LogP contribution in [0.25, 0.3) is 10.9 Å². The first-order valence-electron chi connectivity index (χ1n) is 5.48. The van der Waals surface area contributed by atoms with Crippen LogP contribution in [0.1, 0.15) is 24.8 Å². The second-order valence-corrected chi connectivity index (χ2v) is 4.19. The Labute approximate surface area is 90.7 Å². The summed E-state index contributed by atoms with van der Waals surface area (Å²) < 4.78 is 2.19. The first kappa shape index (κ1) is 10.2. The predicted molar refractivity (Wildman–Crippen MR) is 65.0 cm³/mol. The molecule has 15 heavy (non-hydrogen) atoms. The number of nitrogens with two attached hydrogens (primary N) is 1. The molecule has 2 N–H and O–H groups in total. The minimum Gasteiger partial charge on any atom is -0.350 e. The summed E-state index contributed by atoms with van der Waals surface area (Å²) >= 11 is 0. The minimum atomic E-state index is 0.543. The van der Waals surface area contributed by atoms with Crippen molar-refractivity contribution in [2.75, 3.05) is 6.54 Å². The quantitative estimate of drug-likeness (QED) is 0.815. The van der Waals surface area contributed by atoms with Crippen molar-refractivity contribution in [3.8, 4) is 0 Å². The lowest BCUT2D eigenvalue weighted by atomic mass is 9.97.